The maximum absolute atomic E-state index is 4.21. The highest BCUT2D eigenvalue weighted by Gasteiger charge is 2.28. The first-order chi connectivity index (χ1) is 22.3. The molecule has 8 aromatic rings. The molecule has 0 radical (unpaired) electrons. The fourth-order valence-electron chi connectivity index (χ4n) is 7.09. The van der Waals surface area contributed by atoms with Gasteiger partial charge >= 0.3 is 0 Å². The lowest BCUT2D eigenvalue weighted by Gasteiger charge is -2.23. The number of fused-ring (bicyclic) bond motifs is 6. The number of rotatable bonds is 5. The minimum Gasteiger partial charge on any atom is -0.354 e. The van der Waals surface area contributed by atoms with Gasteiger partial charge in [0.05, 0.1) is 11.4 Å². The van der Waals surface area contributed by atoms with Crippen molar-refractivity contribution in [3.63, 3.8) is 0 Å². The Morgan fingerprint density at radius 3 is 1.82 bits per heavy atom. The Morgan fingerprint density at radius 1 is 0.444 bits per heavy atom. The first-order valence-electron chi connectivity index (χ1n) is 15.5. The smallest absolute Gasteiger partial charge is 0.0558 e. The van der Waals surface area contributed by atoms with Gasteiger partial charge in [-0.3, -0.25) is 0 Å². The highest BCUT2D eigenvalue weighted by Crippen LogP contribution is 2.52. The number of anilines is 2. The minimum atomic E-state index is 0.893. The van der Waals surface area contributed by atoms with Gasteiger partial charge in [0.2, 0.25) is 0 Å². The Bertz CT molecular complexity index is 2350. The maximum Gasteiger partial charge on any atom is 0.0558 e. The molecule has 0 bridgehead atoms. The summed E-state index contributed by atoms with van der Waals surface area (Å²) in [5, 5.41) is 6.78. The second-order valence-electron chi connectivity index (χ2n) is 11.7. The van der Waals surface area contributed by atoms with Gasteiger partial charge < -0.3 is 5.32 Å². The molecule has 0 saturated heterocycles. The van der Waals surface area contributed by atoms with Crippen molar-refractivity contribution in [3.05, 3.63) is 169 Å². The number of hydrogen-bond donors (Lipinski definition) is 1. The fourth-order valence-corrected chi connectivity index (χ4v) is 8.21. The van der Waals surface area contributed by atoms with Gasteiger partial charge in [0, 0.05) is 37.7 Å². The van der Waals surface area contributed by atoms with Crippen molar-refractivity contribution < 1.29 is 0 Å². The van der Waals surface area contributed by atoms with Crippen LogP contribution in [0.4, 0.5) is 11.4 Å². The van der Waals surface area contributed by atoms with Crippen LogP contribution in [0, 0.1) is 0 Å². The lowest BCUT2D eigenvalue weighted by atomic mass is 9.87. The van der Waals surface area contributed by atoms with Gasteiger partial charge in [-0.05, 0) is 62.7 Å². The molecule has 1 aliphatic rings. The summed E-state index contributed by atoms with van der Waals surface area (Å²) in [6.45, 7) is 0. The average Bonchev–Trinajstić information content (AvgIpc) is 3.68. The lowest BCUT2D eigenvalue weighted by molar-refractivity contribution is 1.26. The zero-order valence-electron chi connectivity index (χ0n) is 24.6. The van der Waals surface area contributed by atoms with Crippen LogP contribution in [-0.2, 0) is 6.42 Å². The number of thiophene rings is 1. The number of benzene rings is 7. The van der Waals surface area contributed by atoms with Gasteiger partial charge in [0.15, 0.2) is 0 Å². The standard InChI is InChI=1S/C43H29NS/c1-4-14-28(15-5-1)33-24-25-39-41(34-22-12-13-23-38(34)45-39)42(33)44-43-37-26-31-20-10-11-21-32(31)36(37)27-35(29-16-6-2-7-17-29)40(43)30-18-8-3-9-19-30/h1-25,27,44H,26H2. The summed E-state index contributed by atoms with van der Waals surface area (Å²) in [6, 6.07) is 57.3. The predicted molar refractivity (Wildman–Crippen MR) is 194 cm³/mol. The van der Waals surface area contributed by atoms with Crippen LogP contribution in [0.3, 0.4) is 0 Å². The van der Waals surface area contributed by atoms with E-state index in [4.69, 9.17) is 0 Å². The van der Waals surface area contributed by atoms with Crippen molar-refractivity contribution in [2.24, 2.45) is 0 Å². The van der Waals surface area contributed by atoms with Crippen LogP contribution in [0.15, 0.2) is 158 Å². The Hall–Kier alpha value is -5.44. The van der Waals surface area contributed by atoms with E-state index in [0.717, 1.165) is 12.1 Å². The van der Waals surface area contributed by atoms with E-state index in [-0.39, 0.29) is 0 Å². The second kappa shape index (κ2) is 10.6. The summed E-state index contributed by atoms with van der Waals surface area (Å²) in [7, 11) is 0. The van der Waals surface area contributed by atoms with E-state index in [9.17, 15) is 0 Å². The molecule has 0 fully saturated rings. The first kappa shape index (κ1) is 26.0. The first-order valence-corrected chi connectivity index (χ1v) is 16.3. The van der Waals surface area contributed by atoms with Crippen molar-refractivity contribution >= 4 is 42.9 Å². The van der Waals surface area contributed by atoms with E-state index in [2.05, 4.69) is 163 Å². The van der Waals surface area contributed by atoms with Crippen molar-refractivity contribution in [2.45, 2.75) is 6.42 Å². The second-order valence-corrected chi connectivity index (χ2v) is 12.8. The minimum absolute atomic E-state index is 0.893. The highest BCUT2D eigenvalue weighted by atomic mass is 32.1. The van der Waals surface area contributed by atoms with Crippen LogP contribution in [0.2, 0.25) is 0 Å². The van der Waals surface area contributed by atoms with Crippen molar-refractivity contribution in [1.29, 1.82) is 0 Å². The van der Waals surface area contributed by atoms with E-state index in [1.807, 2.05) is 11.3 Å². The molecule has 1 aromatic heterocycles. The largest absolute Gasteiger partial charge is 0.354 e. The number of nitrogens with one attached hydrogen (secondary N) is 1. The average molecular weight is 592 g/mol. The number of hydrogen-bond acceptors (Lipinski definition) is 2. The topological polar surface area (TPSA) is 12.0 Å². The molecular weight excluding hydrogens is 563 g/mol. The lowest BCUT2D eigenvalue weighted by Crippen LogP contribution is -2.03. The molecule has 0 atom stereocenters. The summed E-state index contributed by atoms with van der Waals surface area (Å²) in [6.07, 6.45) is 0.893. The molecule has 1 heterocycles. The van der Waals surface area contributed by atoms with Crippen molar-refractivity contribution in [1.82, 2.24) is 0 Å². The van der Waals surface area contributed by atoms with Gasteiger partial charge in [0.25, 0.3) is 0 Å². The summed E-state index contributed by atoms with van der Waals surface area (Å²) < 4.78 is 2.60. The van der Waals surface area contributed by atoms with Gasteiger partial charge in [-0.2, -0.15) is 0 Å². The van der Waals surface area contributed by atoms with Gasteiger partial charge in [-0.15, -0.1) is 11.3 Å². The van der Waals surface area contributed by atoms with E-state index in [0.29, 0.717) is 0 Å². The molecule has 2 heteroatoms. The van der Waals surface area contributed by atoms with Crippen LogP contribution in [0.25, 0.3) is 64.7 Å². The van der Waals surface area contributed by atoms with Crippen LogP contribution < -0.4 is 5.32 Å². The molecule has 7 aromatic carbocycles. The molecule has 0 spiro atoms. The van der Waals surface area contributed by atoms with Gasteiger partial charge in [-0.25, -0.2) is 0 Å². The van der Waals surface area contributed by atoms with E-state index in [1.165, 1.54) is 81.5 Å². The molecule has 0 saturated carbocycles. The Balaban J connectivity index is 1.41. The molecule has 9 rings (SSSR count). The van der Waals surface area contributed by atoms with Gasteiger partial charge in [-0.1, -0.05) is 140 Å². The van der Waals surface area contributed by atoms with Crippen molar-refractivity contribution in [3.8, 4) is 44.5 Å². The SMILES string of the molecule is c1ccc(-c2cc3c(c(Nc4c(-c5ccccc5)ccc5sc6ccccc6c45)c2-c2ccccc2)Cc2ccccc2-3)cc1. The molecule has 1 nitrogen and oxygen atoms in total. The fraction of sp³-hybridized carbons (Fsp3) is 0.0233. The Kier molecular flexibility index (Phi) is 6.14. The zero-order chi connectivity index (χ0) is 29.7. The third-order valence-electron chi connectivity index (χ3n) is 9.14. The maximum atomic E-state index is 4.21. The third kappa shape index (κ3) is 4.29. The predicted octanol–water partition coefficient (Wildman–Crippen LogP) is 12.4. The van der Waals surface area contributed by atoms with E-state index < -0.39 is 0 Å². The van der Waals surface area contributed by atoms with Crippen LogP contribution in [0.5, 0.6) is 0 Å². The molecular formula is C43H29NS. The van der Waals surface area contributed by atoms with Gasteiger partial charge in [0.1, 0.15) is 0 Å². The van der Waals surface area contributed by atoms with Crippen molar-refractivity contribution in [2.75, 3.05) is 5.32 Å². The molecule has 212 valence electrons. The summed E-state index contributed by atoms with van der Waals surface area (Å²) >= 11 is 1.87. The van der Waals surface area contributed by atoms with E-state index >= 15 is 0 Å². The molecule has 1 N–H and O–H groups in total. The molecule has 1 aliphatic carbocycles. The zero-order valence-corrected chi connectivity index (χ0v) is 25.4. The molecule has 0 amide bonds. The summed E-state index contributed by atoms with van der Waals surface area (Å²) in [5.41, 5.74) is 15.0. The molecule has 0 unspecified atom stereocenters. The highest BCUT2D eigenvalue weighted by molar-refractivity contribution is 7.26. The monoisotopic (exact) mass is 591 g/mol. The summed E-state index contributed by atoms with van der Waals surface area (Å²) in [5.74, 6) is 0. The molecule has 45 heavy (non-hydrogen) atoms. The van der Waals surface area contributed by atoms with Crippen LogP contribution >= 0.6 is 11.3 Å². The molecule has 0 aliphatic heterocycles. The third-order valence-corrected chi connectivity index (χ3v) is 10.3. The Labute approximate surface area is 267 Å². The Morgan fingerprint density at radius 2 is 1.07 bits per heavy atom. The quantitative estimate of drug-likeness (QED) is 0.210. The normalized spacial score (nSPS) is 11.9. The summed E-state index contributed by atoms with van der Waals surface area (Å²) in [4.78, 5) is 0. The van der Waals surface area contributed by atoms with Crippen LogP contribution in [0.1, 0.15) is 11.1 Å². The van der Waals surface area contributed by atoms with E-state index in [1.54, 1.807) is 0 Å². The van der Waals surface area contributed by atoms with Crippen LogP contribution in [-0.4, -0.2) is 0 Å².